The number of rotatable bonds is 4. The molecule has 0 aliphatic rings. The first-order valence-corrected chi connectivity index (χ1v) is 5.52. The highest BCUT2D eigenvalue weighted by atomic mass is 16.5. The van der Waals surface area contributed by atoms with Crippen molar-refractivity contribution in [2.24, 2.45) is 7.05 Å². The number of benzene rings is 1. The maximum Gasteiger partial charge on any atom is 0.128 e. The van der Waals surface area contributed by atoms with Gasteiger partial charge in [0.1, 0.15) is 11.6 Å². The summed E-state index contributed by atoms with van der Waals surface area (Å²) in [6.07, 6.45) is 2.37. The van der Waals surface area contributed by atoms with Gasteiger partial charge in [-0.15, -0.1) is 0 Å². The number of hydrogen-bond acceptors (Lipinski definition) is 3. The van der Waals surface area contributed by atoms with Gasteiger partial charge in [0.05, 0.1) is 25.6 Å². The highest BCUT2D eigenvalue weighted by molar-refractivity contribution is 5.67. The van der Waals surface area contributed by atoms with Gasteiger partial charge >= 0.3 is 0 Å². The number of nitrogens with zero attached hydrogens (tertiary/aromatic N) is 2. The van der Waals surface area contributed by atoms with Crippen LogP contribution in [0.2, 0.25) is 0 Å². The molecule has 1 aromatic carbocycles. The Labute approximate surface area is 100 Å². The predicted molar refractivity (Wildman–Crippen MR) is 66.0 cm³/mol. The number of para-hydroxylation sites is 1. The van der Waals surface area contributed by atoms with Crippen LogP contribution in [0, 0.1) is 0 Å². The first-order valence-electron chi connectivity index (χ1n) is 5.52. The SMILES string of the molecule is COc1ccccc1-c1cnc(CCO)n1C. The number of aromatic nitrogens is 2. The second kappa shape index (κ2) is 5.01. The molecule has 90 valence electrons. The average molecular weight is 232 g/mol. The van der Waals surface area contributed by atoms with E-state index in [4.69, 9.17) is 9.84 Å². The Balaban J connectivity index is 2.46. The van der Waals surface area contributed by atoms with Crippen molar-refractivity contribution in [1.29, 1.82) is 0 Å². The number of methoxy groups -OCH3 is 1. The maximum atomic E-state index is 8.95. The van der Waals surface area contributed by atoms with Crippen LogP contribution in [-0.4, -0.2) is 28.4 Å². The molecule has 0 radical (unpaired) electrons. The van der Waals surface area contributed by atoms with Crippen molar-refractivity contribution in [1.82, 2.24) is 9.55 Å². The molecule has 0 bridgehead atoms. The Bertz CT molecular complexity index is 506. The van der Waals surface area contributed by atoms with Crippen molar-refractivity contribution >= 4 is 0 Å². The van der Waals surface area contributed by atoms with Gasteiger partial charge in [0, 0.05) is 19.0 Å². The molecule has 0 amide bonds. The highest BCUT2D eigenvalue weighted by Crippen LogP contribution is 2.29. The fraction of sp³-hybridized carbons (Fsp3) is 0.308. The van der Waals surface area contributed by atoms with Gasteiger partial charge in [0.15, 0.2) is 0 Å². The fourth-order valence-corrected chi connectivity index (χ4v) is 1.89. The molecule has 0 spiro atoms. The van der Waals surface area contributed by atoms with Crippen molar-refractivity contribution in [2.75, 3.05) is 13.7 Å². The Morgan fingerprint density at radius 3 is 2.82 bits per heavy atom. The van der Waals surface area contributed by atoms with Crippen LogP contribution in [0.25, 0.3) is 11.3 Å². The summed E-state index contributed by atoms with van der Waals surface area (Å²) in [7, 11) is 3.60. The monoisotopic (exact) mass is 232 g/mol. The molecule has 17 heavy (non-hydrogen) atoms. The molecular formula is C13H16N2O2. The predicted octanol–water partition coefficient (Wildman–Crippen LogP) is 1.63. The molecule has 0 aliphatic heterocycles. The molecule has 4 nitrogen and oxygen atoms in total. The standard InChI is InChI=1S/C13H16N2O2/c1-15-11(9-14-13(15)7-8-16)10-5-3-4-6-12(10)17-2/h3-6,9,16H,7-8H2,1-2H3. The van der Waals surface area contributed by atoms with Crippen LogP contribution < -0.4 is 4.74 Å². The topological polar surface area (TPSA) is 47.3 Å². The van der Waals surface area contributed by atoms with E-state index in [9.17, 15) is 0 Å². The lowest BCUT2D eigenvalue weighted by molar-refractivity contribution is 0.295. The molecule has 0 fully saturated rings. The number of hydrogen-bond donors (Lipinski definition) is 1. The van der Waals surface area contributed by atoms with Crippen molar-refractivity contribution in [3.05, 3.63) is 36.3 Å². The summed E-state index contributed by atoms with van der Waals surface area (Å²) in [6, 6.07) is 7.83. The zero-order chi connectivity index (χ0) is 12.3. The van der Waals surface area contributed by atoms with E-state index in [0.29, 0.717) is 6.42 Å². The van der Waals surface area contributed by atoms with Crippen LogP contribution in [0.3, 0.4) is 0 Å². The molecule has 1 aromatic heterocycles. The first kappa shape index (κ1) is 11.7. The van der Waals surface area contributed by atoms with Gasteiger partial charge in [-0.25, -0.2) is 4.98 Å². The van der Waals surface area contributed by atoms with Crippen LogP contribution in [-0.2, 0) is 13.5 Å². The van der Waals surface area contributed by atoms with E-state index in [2.05, 4.69) is 4.98 Å². The van der Waals surface area contributed by atoms with E-state index < -0.39 is 0 Å². The molecule has 0 unspecified atom stereocenters. The van der Waals surface area contributed by atoms with Gasteiger partial charge in [0.25, 0.3) is 0 Å². The lowest BCUT2D eigenvalue weighted by Gasteiger charge is -2.09. The molecule has 0 saturated carbocycles. The van der Waals surface area contributed by atoms with E-state index in [-0.39, 0.29) is 6.61 Å². The summed E-state index contributed by atoms with van der Waals surface area (Å²) in [5.74, 6) is 1.69. The van der Waals surface area contributed by atoms with Gasteiger partial charge in [-0.1, -0.05) is 12.1 Å². The summed E-state index contributed by atoms with van der Waals surface area (Å²) in [5, 5.41) is 8.95. The van der Waals surface area contributed by atoms with Crippen molar-refractivity contribution in [3.63, 3.8) is 0 Å². The number of imidazole rings is 1. The van der Waals surface area contributed by atoms with Gasteiger partial charge in [-0.3, -0.25) is 0 Å². The second-order valence-electron chi connectivity index (χ2n) is 3.79. The van der Waals surface area contributed by atoms with Crippen molar-refractivity contribution in [2.45, 2.75) is 6.42 Å². The second-order valence-corrected chi connectivity index (χ2v) is 3.79. The van der Waals surface area contributed by atoms with E-state index in [1.165, 1.54) is 0 Å². The van der Waals surface area contributed by atoms with E-state index in [1.807, 2.05) is 42.1 Å². The Morgan fingerprint density at radius 1 is 1.35 bits per heavy atom. The summed E-state index contributed by atoms with van der Waals surface area (Å²) in [4.78, 5) is 4.30. The van der Waals surface area contributed by atoms with Gasteiger partial charge in [-0.05, 0) is 12.1 Å². The third-order valence-corrected chi connectivity index (χ3v) is 2.80. The lowest BCUT2D eigenvalue weighted by Crippen LogP contribution is -2.02. The first-order chi connectivity index (χ1) is 8.27. The minimum Gasteiger partial charge on any atom is -0.496 e. The molecule has 2 rings (SSSR count). The zero-order valence-corrected chi connectivity index (χ0v) is 10.1. The molecule has 4 heteroatoms. The molecule has 0 aliphatic carbocycles. The number of aliphatic hydroxyl groups is 1. The van der Waals surface area contributed by atoms with E-state index >= 15 is 0 Å². The molecule has 2 aromatic rings. The van der Waals surface area contributed by atoms with Crippen LogP contribution in [0.15, 0.2) is 30.5 Å². The van der Waals surface area contributed by atoms with Crippen LogP contribution in [0.5, 0.6) is 5.75 Å². The largest absolute Gasteiger partial charge is 0.496 e. The third-order valence-electron chi connectivity index (χ3n) is 2.80. The summed E-state index contributed by atoms with van der Waals surface area (Å²) >= 11 is 0. The van der Waals surface area contributed by atoms with Crippen molar-refractivity contribution in [3.8, 4) is 17.0 Å². The molecular weight excluding hydrogens is 216 g/mol. The summed E-state index contributed by atoms with van der Waals surface area (Å²) in [6.45, 7) is 0.107. The normalized spacial score (nSPS) is 10.5. The number of aliphatic hydroxyl groups excluding tert-OH is 1. The smallest absolute Gasteiger partial charge is 0.128 e. The maximum absolute atomic E-state index is 8.95. The third kappa shape index (κ3) is 2.17. The van der Waals surface area contributed by atoms with E-state index in [1.54, 1.807) is 7.11 Å². The molecule has 1 N–H and O–H groups in total. The summed E-state index contributed by atoms with van der Waals surface area (Å²) < 4.78 is 7.31. The van der Waals surface area contributed by atoms with Gasteiger partial charge < -0.3 is 14.4 Å². The Morgan fingerprint density at radius 2 is 2.12 bits per heavy atom. The molecule has 1 heterocycles. The number of ether oxygens (including phenoxy) is 1. The van der Waals surface area contributed by atoms with E-state index in [0.717, 1.165) is 22.8 Å². The average Bonchev–Trinajstić information content (AvgIpc) is 2.72. The van der Waals surface area contributed by atoms with Crippen LogP contribution in [0.1, 0.15) is 5.82 Å². The summed E-state index contributed by atoms with van der Waals surface area (Å²) in [5.41, 5.74) is 2.00. The minimum absolute atomic E-state index is 0.107. The lowest BCUT2D eigenvalue weighted by atomic mass is 10.1. The van der Waals surface area contributed by atoms with Crippen LogP contribution in [0.4, 0.5) is 0 Å². The zero-order valence-electron chi connectivity index (χ0n) is 10.1. The highest BCUT2D eigenvalue weighted by Gasteiger charge is 2.11. The Kier molecular flexibility index (Phi) is 3.44. The molecule has 0 atom stereocenters. The van der Waals surface area contributed by atoms with Gasteiger partial charge in [-0.2, -0.15) is 0 Å². The quantitative estimate of drug-likeness (QED) is 0.871. The minimum atomic E-state index is 0.107. The fourth-order valence-electron chi connectivity index (χ4n) is 1.89. The Hall–Kier alpha value is -1.81. The van der Waals surface area contributed by atoms with Crippen LogP contribution >= 0.6 is 0 Å². The van der Waals surface area contributed by atoms with Crippen molar-refractivity contribution < 1.29 is 9.84 Å². The van der Waals surface area contributed by atoms with Gasteiger partial charge in [0.2, 0.25) is 0 Å². The molecule has 0 saturated heterocycles.